The highest BCUT2D eigenvalue weighted by molar-refractivity contribution is 6.66. The highest BCUT2D eigenvalue weighted by Gasteiger charge is 2.55. The lowest BCUT2D eigenvalue weighted by atomic mass is 10.2. The van der Waals surface area contributed by atoms with Crippen LogP contribution in [0.2, 0.25) is 0 Å². The summed E-state index contributed by atoms with van der Waals surface area (Å²) in [4.78, 5) is 11.8. The van der Waals surface area contributed by atoms with Crippen LogP contribution in [0.5, 0.6) is 0 Å². The SMILES string of the molecule is C[N+]12CCCCN1C(=N)C(=NO)C2=O. The second kappa shape index (κ2) is 2.78. The molecule has 2 heterocycles. The largest absolute Gasteiger partial charge is 0.410 e. The zero-order valence-electron chi connectivity index (χ0n) is 8.03. The number of quaternary nitrogens is 1. The van der Waals surface area contributed by atoms with Crippen molar-refractivity contribution in [1.29, 1.82) is 5.41 Å². The Bertz CT molecular complexity index is 338. The molecule has 1 atom stereocenters. The standard InChI is InChI=1S/C8H12N4O2/c1-12-5-3-2-4-11(12)7(9)6(10-14)8(12)13/h2-5H2,1H3,(H-,9,13,14)/p+1. The Morgan fingerprint density at radius 2 is 2.29 bits per heavy atom. The molecule has 2 saturated heterocycles. The number of oxime groups is 1. The Balaban J connectivity index is 2.45. The van der Waals surface area contributed by atoms with E-state index in [-0.39, 0.29) is 22.0 Å². The van der Waals surface area contributed by atoms with Crippen molar-refractivity contribution >= 4 is 17.5 Å². The van der Waals surface area contributed by atoms with E-state index in [9.17, 15) is 4.79 Å². The zero-order chi connectivity index (χ0) is 10.3. The number of nitrogens with one attached hydrogen (secondary N) is 1. The van der Waals surface area contributed by atoms with E-state index in [1.807, 2.05) is 0 Å². The van der Waals surface area contributed by atoms with Crippen LogP contribution < -0.4 is 0 Å². The molecule has 2 aliphatic rings. The summed E-state index contributed by atoms with van der Waals surface area (Å²) >= 11 is 0. The number of nitrogens with zero attached hydrogens (tertiary/aromatic N) is 3. The number of hydrogen-bond acceptors (Lipinski definition) is 4. The van der Waals surface area contributed by atoms with E-state index in [4.69, 9.17) is 10.6 Å². The van der Waals surface area contributed by atoms with Gasteiger partial charge >= 0.3 is 5.91 Å². The summed E-state index contributed by atoms with van der Waals surface area (Å²) in [6.07, 6.45) is 1.94. The third-order valence-electron chi connectivity index (χ3n) is 2.97. The number of rotatable bonds is 0. The molecule has 0 radical (unpaired) electrons. The molecular weight excluding hydrogens is 184 g/mol. The van der Waals surface area contributed by atoms with Gasteiger partial charge in [-0.1, -0.05) is 5.16 Å². The second-order valence-electron chi connectivity index (χ2n) is 3.80. The van der Waals surface area contributed by atoms with Crippen LogP contribution >= 0.6 is 0 Å². The lowest BCUT2D eigenvalue weighted by Gasteiger charge is -2.37. The van der Waals surface area contributed by atoms with Gasteiger partial charge in [-0.3, -0.25) is 5.41 Å². The van der Waals surface area contributed by atoms with Gasteiger partial charge in [0.25, 0.3) is 5.71 Å². The highest BCUT2D eigenvalue weighted by Crippen LogP contribution is 2.26. The number of fused-ring (bicyclic) bond motifs is 1. The summed E-state index contributed by atoms with van der Waals surface area (Å²) in [6, 6.07) is 0. The van der Waals surface area contributed by atoms with Crippen molar-refractivity contribution in [3.63, 3.8) is 0 Å². The number of carbonyl (C=O) groups is 1. The molecule has 0 aliphatic carbocycles. The Kier molecular flexibility index (Phi) is 1.81. The van der Waals surface area contributed by atoms with E-state index in [2.05, 4.69) is 5.16 Å². The molecule has 1 amide bonds. The summed E-state index contributed by atoms with van der Waals surface area (Å²) in [7, 11) is 1.76. The van der Waals surface area contributed by atoms with Gasteiger partial charge in [0.2, 0.25) is 5.84 Å². The summed E-state index contributed by atoms with van der Waals surface area (Å²) in [5.74, 6) is -0.239. The normalized spacial score (nSPS) is 35.2. The minimum absolute atomic E-state index is 0.0414. The Morgan fingerprint density at radius 3 is 2.86 bits per heavy atom. The van der Waals surface area contributed by atoms with Crippen LogP contribution in [0.25, 0.3) is 0 Å². The first-order valence-electron chi connectivity index (χ1n) is 4.60. The second-order valence-corrected chi connectivity index (χ2v) is 3.80. The maximum atomic E-state index is 11.8. The van der Waals surface area contributed by atoms with Crippen molar-refractivity contribution in [2.45, 2.75) is 12.8 Å². The predicted molar refractivity (Wildman–Crippen MR) is 48.9 cm³/mol. The number of amidine groups is 1. The Morgan fingerprint density at radius 1 is 1.57 bits per heavy atom. The first-order valence-corrected chi connectivity index (χ1v) is 4.60. The fourth-order valence-corrected chi connectivity index (χ4v) is 2.11. The van der Waals surface area contributed by atoms with E-state index in [1.54, 1.807) is 12.1 Å². The monoisotopic (exact) mass is 197 g/mol. The summed E-state index contributed by atoms with van der Waals surface area (Å²) in [6.45, 7) is 1.36. The number of hydrogen-bond donors (Lipinski definition) is 2. The topological polar surface area (TPSA) is 76.8 Å². The third-order valence-corrected chi connectivity index (χ3v) is 2.97. The van der Waals surface area contributed by atoms with E-state index in [1.165, 1.54) is 0 Å². The highest BCUT2D eigenvalue weighted by atomic mass is 16.4. The summed E-state index contributed by atoms with van der Waals surface area (Å²) in [5, 5.41) is 20.9. The molecule has 6 heteroatoms. The smallest absolute Gasteiger partial charge is 0.396 e. The number of carbonyl (C=O) groups excluding carboxylic acids is 1. The minimum atomic E-state index is -0.280. The van der Waals surface area contributed by atoms with E-state index < -0.39 is 0 Å². The van der Waals surface area contributed by atoms with Crippen molar-refractivity contribution in [2.75, 3.05) is 20.1 Å². The van der Waals surface area contributed by atoms with Gasteiger partial charge in [0.05, 0.1) is 13.6 Å². The van der Waals surface area contributed by atoms with Crippen molar-refractivity contribution < 1.29 is 14.6 Å². The molecule has 1 unspecified atom stereocenters. The van der Waals surface area contributed by atoms with Crippen LogP contribution in [0.1, 0.15) is 12.8 Å². The lowest BCUT2D eigenvalue weighted by molar-refractivity contribution is -0.935. The molecule has 76 valence electrons. The maximum Gasteiger partial charge on any atom is 0.396 e. The van der Waals surface area contributed by atoms with E-state index >= 15 is 0 Å². The lowest BCUT2D eigenvalue weighted by Crippen LogP contribution is -2.59. The van der Waals surface area contributed by atoms with Crippen molar-refractivity contribution in [2.24, 2.45) is 5.16 Å². The maximum absolute atomic E-state index is 11.8. The zero-order valence-corrected chi connectivity index (χ0v) is 8.03. The Labute approximate surface area is 81.5 Å². The van der Waals surface area contributed by atoms with Crippen molar-refractivity contribution in [1.82, 2.24) is 5.01 Å². The fraction of sp³-hybridized carbons (Fsp3) is 0.625. The van der Waals surface area contributed by atoms with Gasteiger partial charge in [-0.15, -0.1) is 0 Å². The molecule has 0 bridgehead atoms. The first-order chi connectivity index (χ1) is 6.61. The first kappa shape index (κ1) is 9.14. The minimum Gasteiger partial charge on any atom is -0.410 e. The van der Waals surface area contributed by atoms with Crippen molar-refractivity contribution in [3.05, 3.63) is 0 Å². The molecule has 0 aromatic rings. The van der Waals surface area contributed by atoms with E-state index in [0.29, 0.717) is 13.1 Å². The fourth-order valence-electron chi connectivity index (χ4n) is 2.11. The Hall–Kier alpha value is -1.43. The predicted octanol–water partition coefficient (Wildman–Crippen LogP) is -0.209. The van der Waals surface area contributed by atoms with E-state index in [0.717, 1.165) is 12.8 Å². The quantitative estimate of drug-likeness (QED) is 0.320. The van der Waals surface area contributed by atoms with Gasteiger partial charge in [0, 0.05) is 6.42 Å². The summed E-state index contributed by atoms with van der Waals surface area (Å²) in [5.41, 5.74) is -0.116. The van der Waals surface area contributed by atoms with Gasteiger partial charge in [0.1, 0.15) is 6.54 Å². The average molecular weight is 197 g/mol. The molecule has 6 nitrogen and oxygen atoms in total. The summed E-state index contributed by atoms with van der Waals surface area (Å²) < 4.78 is 0.0677. The van der Waals surface area contributed by atoms with Crippen LogP contribution in [-0.2, 0) is 4.79 Å². The van der Waals surface area contributed by atoms with Crippen LogP contribution in [0, 0.1) is 5.41 Å². The molecule has 2 rings (SSSR count). The number of amides is 1. The molecule has 0 spiro atoms. The molecule has 2 N–H and O–H groups in total. The average Bonchev–Trinajstić information content (AvgIpc) is 2.36. The molecule has 0 aromatic heterocycles. The van der Waals surface area contributed by atoms with Gasteiger partial charge in [0.15, 0.2) is 0 Å². The molecule has 2 aliphatic heterocycles. The van der Waals surface area contributed by atoms with Crippen molar-refractivity contribution in [3.8, 4) is 0 Å². The molecular formula is C8H13N4O2+. The van der Waals surface area contributed by atoms with Crippen LogP contribution in [0.3, 0.4) is 0 Å². The molecule has 2 fully saturated rings. The van der Waals surface area contributed by atoms with Crippen LogP contribution in [0.4, 0.5) is 0 Å². The van der Waals surface area contributed by atoms with Crippen LogP contribution in [-0.4, -0.2) is 52.4 Å². The van der Waals surface area contributed by atoms with Gasteiger partial charge < -0.3 is 5.21 Å². The van der Waals surface area contributed by atoms with Gasteiger partial charge in [-0.05, 0) is 6.42 Å². The molecule has 14 heavy (non-hydrogen) atoms. The van der Waals surface area contributed by atoms with Gasteiger partial charge in [-0.25, -0.2) is 4.79 Å². The van der Waals surface area contributed by atoms with Gasteiger partial charge in [-0.2, -0.15) is 9.60 Å². The van der Waals surface area contributed by atoms with Crippen LogP contribution in [0.15, 0.2) is 5.16 Å². The molecule has 0 saturated carbocycles. The molecule has 0 aromatic carbocycles. The third kappa shape index (κ3) is 0.913.